The van der Waals surface area contributed by atoms with Crippen molar-refractivity contribution in [3.63, 3.8) is 0 Å². The molecule has 0 unspecified atom stereocenters. The number of nitrogens with two attached hydrogens (primary N) is 1. The molecule has 1 aromatic heterocycles. The highest BCUT2D eigenvalue weighted by atomic mass is 32.2. The van der Waals surface area contributed by atoms with Gasteiger partial charge < -0.3 is 9.73 Å². The van der Waals surface area contributed by atoms with Crippen molar-refractivity contribution < 1.29 is 17.6 Å². The summed E-state index contributed by atoms with van der Waals surface area (Å²) in [6.07, 6.45) is 0.644. The van der Waals surface area contributed by atoms with Crippen LogP contribution < -0.4 is 10.5 Å². The van der Waals surface area contributed by atoms with Gasteiger partial charge in [-0.25, -0.2) is 13.6 Å². The van der Waals surface area contributed by atoms with E-state index in [1.54, 1.807) is 6.92 Å². The lowest BCUT2D eigenvalue weighted by atomic mass is 10.1. The van der Waals surface area contributed by atoms with Crippen molar-refractivity contribution in [3.05, 3.63) is 71.5 Å². The first-order chi connectivity index (χ1) is 13.2. The van der Waals surface area contributed by atoms with E-state index in [1.807, 2.05) is 49.4 Å². The Morgan fingerprint density at radius 1 is 1.07 bits per heavy atom. The fraction of sp³-hybridized carbons (Fsp3) is 0.190. The summed E-state index contributed by atoms with van der Waals surface area (Å²) in [6.45, 7) is 3.59. The van der Waals surface area contributed by atoms with E-state index in [0.29, 0.717) is 17.9 Å². The van der Waals surface area contributed by atoms with Gasteiger partial charge in [-0.1, -0.05) is 30.3 Å². The summed E-state index contributed by atoms with van der Waals surface area (Å²) in [5.74, 6) is 1.23. The van der Waals surface area contributed by atoms with E-state index in [9.17, 15) is 13.2 Å². The zero-order valence-electron chi connectivity index (χ0n) is 15.7. The third kappa shape index (κ3) is 4.68. The quantitative estimate of drug-likeness (QED) is 0.659. The number of furan rings is 1. The SMILES string of the molecule is Cc1cc(S(N)(=O)=O)cc(NC(=O)CCc2ccc(-c3ccccc3)o2)c1C. The Labute approximate surface area is 164 Å². The first kappa shape index (κ1) is 19.9. The van der Waals surface area contributed by atoms with Crippen LogP contribution in [0.3, 0.4) is 0 Å². The van der Waals surface area contributed by atoms with Crippen molar-refractivity contribution in [2.24, 2.45) is 5.14 Å². The van der Waals surface area contributed by atoms with Gasteiger partial charge in [0.1, 0.15) is 11.5 Å². The van der Waals surface area contributed by atoms with Crippen LogP contribution in [-0.4, -0.2) is 14.3 Å². The lowest BCUT2D eigenvalue weighted by molar-refractivity contribution is -0.116. The molecule has 0 bridgehead atoms. The minimum atomic E-state index is -3.85. The molecule has 146 valence electrons. The van der Waals surface area contributed by atoms with E-state index in [2.05, 4.69) is 5.32 Å². The lowest BCUT2D eigenvalue weighted by Crippen LogP contribution is -2.16. The molecule has 0 radical (unpaired) electrons. The molecule has 1 amide bonds. The molecule has 1 heterocycles. The number of carbonyl (C=O) groups excluding carboxylic acids is 1. The molecule has 0 aliphatic rings. The number of nitrogens with one attached hydrogen (secondary N) is 1. The molecule has 0 atom stereocenters. The topological polar surface area (TPSA) is 102 Å². The second kappa shape index (κ2) is 8.00. The van der Waals surface area contributed by atoms with E-state index in [0.717, 1.165) is 22.5 Å². The number of amides is 1. The molecule has 6 nitrogen and oxygen atoms in total. The number of carbonyl (C=O) groups is 1. The van der Waals surface area contributed by atoms with Crippen molar-refractivity contribution in [2.45, 2.75) is 31.6 Å². The Hall–Kier alpha value is -2.90. The molecule has 28 heavy (non-hydrogen) atoms. The Morgan fingerprint density at radius 2 is 1.79 bits per heavy atom. The Kier molecular flexibility index (Phi) is 5.67. The number of sulfonamides is 1. The van der Waals surface area contributed by atoms with Crippen LogP contribution in [0.25, 0.3) is 11.3 Å². The average Bonchev–Trinajstić information content (AvgIpc) is 3.12. The zero-order chi connectivity index (χ0) is 20.3. The summed E-state index contributed by atoms with van der Waals surface area (Å²) in [6, 6.07) is 16.3. The van der Waals surface area contributed by atoms with Gasteiger partial charge in [-0.2, -0.15) is 0 Å². The fourth-order valence-corrected chi connectivity index (χ4v) is 3.46. The molecular weight excluding hydrogens is 376 g/mol. The van der Waals surface area contributed by atoms with Gasteiger partial charge in [0.25, 0.3) is 0 Å². The van der Waals surface area contributed by atoms with Crippen LogP contribution in [0.15, 0.2) is 63.9 Å². The number of primary sulfonamides is 1. The minimum Gasteiger partial charge on any atom is -0.461 e. The third-order valence-electron chi connectivity index (χ3n) is 4.56. The van der Waals surface area contributed by atoms with Crippen molar-refractivity contribution >= 4 is 21.6 Å². The summed E-state index contributed by atoms with van der Waals surface area (Å²) in [7, 11) is -3.85. The molecule has 7 heteroatoms. The van der Waals surface area contributed by atoms with Crippen LogP contribution in [0.2, 0.25) is 0 Å². The molecule has 2 aromatic carbocycles. The second-order valence-electron chi connectivity index (χ2n) is 6.64. The largest absolute Gasteiger partial charge is 0.461 e. The summed E-state index contributed by atoms with van der Waals surface area (Å²) in [5.41, 5.74) is 2.95. The molecule has 0 saturated heterocycles. The first-order valence-corrected chi connectivity index (χ1v) is 10.4. The first-order valence-electron chi connectivity index (χ1n) is 8.82. The molecule has 3 rings (SSSR count). The number of benzene rings is 2. The van der Waals surface area contributed by atoms with Gasteiger partial charge in [0.15, 0.2) is 0 Å². The van der Waals surface area contributed by atoms with Crippen LogP contribution in [0.5, 0.6) is 0 Å². The fourth-order valence-electron chi connectivity index (χ4n) is 2.84. The highest BCUT2D eigenvalue weighted by Gasteiger charge is 2.15. The maximum absolute atomic E-state index is 12.4. The molecular formula is C21H22N2O4S. The normalized spacial score (nSPS) is 11.4. The zero-order valence-corrected chi connectivity index (χ0v) is 16.5. The van der Waals surface area contributed by atoms with Crippen LogP contribution >= 0.6 is 0 Å². The van der Waals surface area contributed by atoms with Gasteiger partial charge in [0.05, 0.1) is 4.90 Å². The minimum absolute atomic E-state index is 0.0237. The van der Waals surface area contributed by atoms with Crippen molar-refractivity contribution in [1.82, 2.24) is 0 Å². The summed E-state index contributed by atoms with van der Waals surface area (Å²) in [5, 5.41) is 7.98. The van der Waals surface area contributed by atoms with Crippen molar-refractivity contribution in [1.29, 1.82) is 0 Å². The summed E-state index contributed by atoms with van der Waals surface area (Å²) in [4.78, 5) is 12.3. The number of hydrogen-bond acceptors (Lipinski definition) is 4. The number of rotatable bonds is 6. The van der Waals surface area contributed by atoms with E-state index in [1.165, 1.54) is 12.1 Å². The summed E-state index contributed by atoms with van der Waals surface area (Å²) >= 11 is 0. The summed E-state index contributed by atoms with van der Waals surface area (Å²) < 4.78 is 29.0. The van der Waals surface area contributed by atoms with Crippen LogP contribution in [0.1, 0.15) is 23.3 Å². The van der Waals surface area contributed by atoms with Crippen LogP contribution in [0, 0.1) is 13.8 Å². The van der Waals surface area contributed by atoms with E-state index in [-0.39, 0.29) is 17.2 Å². The van der Waals surface area contributed by atoms with Crippen LogP contribution in [-0.2, 0) is 21.2 Å². The van der Waals surface area contributed by atoms with Crippen LogP contribution in [0.4, 0.5) is 5.69 Å². The standard InChI is InChI=1S/C21H22N2O4S/c1-14-12-18(28(22,25)26)13-19(15(14)2)23-21(24)11-9-17-8-10-20(27-17)16-6-4-3-5-7-16/h3-8,10,12-13H,9,11H2,1-2H3,(H,23,24)(H2,22,25,26). The monoisotopic (exact) mass is 398 g/mol. The van der Waals surface area contributed by atoms with Crippen molar-refractivity contribution in [3.8, 4) is 11.3 Å². The van der Waals surface area contributed by atoms with E-state index < -0.39 is 10.0 Å². The number of aryl methyl sites for hydroxylation is 2. The predicted octanol–water partition coefficient (Wildman–Crippen LogP) is 3.78. The maximum Gasteiger partial charge on any atom is 0.238 e. The Balaban J connectivity index is 1.67. The highest BCUT2D eigenvalue weighted by molar-refractivity contribution is 7.89. The van der Waals surface area contributed by atoms with E-state index >= 15 is 0 Å². The number of anilines is 1. The smallest absolute Gasteiger partial charge is 0.238 e. The highest BCUT2D eigenvalue weighted by Crippen LogP contribution is 2.25. The van der Waals surface area contributed by atoms with Crippen molar-refractivity contribution in [2.75, 3.05) is 5.32 Å². The van der Waals surface area contributed by atoms with Gasteiger partial charge in [-0.3, -0.25) is 4.79 Å². The molecule has 0 fully saturated rings. The average molecular weight is 398 g/mol. The van der Waals surface area contributed by atoms with Gasteiger partial charge in [-0.15, -0.1) is 0 Å². The number of hydrogen-bond donors (Lipinski definition) is 2. The maximum atomic E-state index is 12.4. The van der Waals surface area contributed by atoms with Gasteiger partial charge in [-0.05, 0) is 49.2 Å². The lowest BCUT2D eigenvalue weighted by Gasteiger charge is -2.12. The molecule has 3 N–H and O–H groups in total. The Bertz CT molecular complexity index is 1100. The molecule has 0 aliphatic carbocycles. The Morgan fingerprint density at radius 3 is 2.46 bits per heavy atom. The second-order valence-corrected chi connectivity index (χ2v) is 8.20. The molecule has 0 aliphatic heterocycles. The molecule has 0 spiro atoms. The van der Waals surface area contributed by atoms with Gasteiger partial charge in [0, 0.05) is 24.1 Å². The molecule has 0 saturated carbocycles. The van der Waals surface area contributed by atoms with Gasteiger partial charge >= 0.3 is 0 Å². The molecule has 3 aromatic rings. The third-order valence-corrected chi connectivity index (χ3v) is 5.45. The van der Waals surface area contributed by atoms with E-state index in [4.69, 9.17) is 9.56 Å². The predicted molar refractivity (Wildman–Crippen MR) is 108 cm³/mol. The van der Waals surface area contributed by atoms with Gasteiger partial charge in [0.2, 0.25) is 15.9 Å².